The Morgan fingerprint density at radius 1 is 1.29 bits per heavy atom. The third-order valence-corrected chi connectivity index (χ3v) is 9.31. The maximum absolute atomic E-state index is 13.1. The molecule has 1 aromatic carbocycles. The number of nitrogens with two attached hydrogens (primary N) is 1. The van der Waals surface area contributed by atoms with Crippen molar-refractivity contribution < 1.29 is 46.9 Å². The molecule has 0 spiro atoms. The number of carbonyl (C=O) groups is 4. The molecule has 1 fully saturated rings. The summed E-state index contributed by atoms with van der Waals surface area (Å²) in [7, 11) is 1.41. The third kappa shape index (κ3) is 6.60. The molecule has 12 nitrogen and oxygen atoms in total. The molecule has 0 saturated carbocycles. The average Bonchev–Trinajstić information content (AvgIpc) is 3.33. The lowest BCUT2D eigenvalue weighted by Crippen LogP contribution is -2.70. The molecule has 0 aliphatic carbocycles. The van der Waals surface area contributed by atoms with Gasteiger partial charge in [-0.3, -0.25) is 14.5 Å². The number of nitrogens with one attached hydrogen (secondary N) is 1. The van der Waals surface area contributed by atoms with Crippen LogP contribution in [0.4, 0.5) is 18.9 Å². The number of halogens is 3. The molecule has 2 aliphatic heterocycles. The summed E-state index contributed by atoms with van der Waals surface area (Å²) in [5, 5.41) is 20.2. The minimum atomic E-state index is -5.42. The van der Waals surface area contributed by atoms with Gasteiger partial charge in [-0.2, -0.15) is 13.2 Å². The van der Waals surface area contributed by atoms with Crippen LogP contribution in [0.15, 0.2) is 27.7 Å². The Labute approximate surface area is 242 Å². The molecule has 3 heterocycles. The van der Waals surface area contributed by atoms with E-state index in [0.29, 0.717) is 20.5 Å². The Hall–Kier alpha value is -3.35. The van der Waals surface area contributed by atoms with E-state index in [9.17, 15) is 37.5 Å². The lowest BCUT2D eigenvalue weighted by Gasteiger charge is -2.49. The monoisotopic (exact) mass is 633 g/mol. The van der Waals surface area contributed by atoms with Crippen molar-refractivity contribution in [3.8, 4) is 5.75 Å². The molecule has 2 aliphatic rings. The molecule has 220 valence electrons. The number of rotatable bonds is 9. The highest BCUT2D eigenvalue weighted by molar-refractivity contribution is 8.01. The summed E-state index contributed by atoms with van der Waals surface area (Å²) in [5.41, 5.74) is 6.64. The molecule has 0 radical (unpaired) electrons. The smallest absolute Gasteiger partial charge is 0.491 e. The first-order valence-electron chi connectivity index (χ1n) is 11.6. The van der Waals surface area contributed by atoms with Gasteiger partial charge in [0.05, 0.1) is 13.0 Å². The lowest BCUT2D eigenvalue weighted by molar-refractivity contribution is -0.201. The maximum atomic E-state index is 13.1. The van der Waals surface area contributed by atoms with Crippen LogP contribution in [0.2, 0.25) is 0 Å². The summed E-state index contributed by atoms with van der Waals surface area (Å²) in [5.74, 6) is -5.66. The van der Waals surface area contributed by atoms with Gasteiger partial charge in [0, 0.05) is 29.9 Å². The number of phenols is 1. The Bertz CT molecular complexity index is 1430. The van der Waals surface area contributed by atoms with Gasteiger partial charge >= 0.3 is 18.1 Å². The summed E-state index contributed by atoms with van der Waals surface area (Å²) in [6.45, 7) is 1.73. The van der Waals surface area contributed by atoms with Crippen LogP contribution >= 0.6 is 34.9 Å². The number of alkyl halides is 3. The van der Waals surface area contributed by atoms with Crippen molar-refractivity contribution in [2.45, 2.75) is 41.9 Å². The number of aryl methyl sites for hydroxylation is 1. The molecular weight excluding hydrogens is 611 g/mol. The standard InChI is InChI=1S/C23H22F3N5O7S3/c1-9-29-30-22(41-9)40-8-11-7-39-19-16(18(34)31(19)17(11)20(35)38-21(36)23(24,25)26)28-14(33)5-10-3-4-13(32)12(6-37-2)15(10)27/h3-4,16,19,32H,5-8,27H2,1-2H3,(H,28,33). The molecule has 41 heavy (non-hydrogen) atoms. The topological polar surface area (TPSA) is 174 Å². The van der Waals surface area contributed by atoms with Crippen LogP contribution in [-0.4, -0.2) is 80.2 Å². The number of hydrogen-bond donors (Lipinski definition) is 3. The zero-order valence-electron chi connectivity index (χ0n) is 21.3. The van der Waals surface area contributed by atoms with Gasteiger partial charge in [-0.05, 0) is 24.1 Å². The van der Waals surface area contributed by atoms with Gasteiger partial charge in [0.15, 0.2) is 4.34 Å². The first-order chi connectivity index (χ1) is 19.3. The van der Waals surface area contributed by atoms with Crippen LogP contribution in [-0.2, 0) is 41.7 Å². The normalized spacial score (nSPS) is 18.6. The fraction of sp³-hybridized carbons (Fsp3) is 0.391. The van der Waals surface area contributed by atoms with Gasteiger partial charge in [-0.25, -0.2) is 9.59 Å². The van der Waals surface area contributed by atoms with Gasteiger partial charge in [-0.15, -0.1) is 22.0 Å². The lowest BCUT2D eigenvalue weighted by atomic mass is 10.0. The maximum Gasteiger partial charge on any atom is 0.491 e. The number of benzene rings is 1. The van der Waals surface area contributed by atoms with Crippen molar-refractivity contribution in [2.24, 2.45) is 0 Å². The molecule has 2 aromatic rings. The van der Waals surface area contributed by atoms with E-state index in [1.807, 2.05) is 0 Å². The number of phenolic OH excluding ortho intramolecular Hbond substituents is 1. The van der Waals surface area contributed by atoms with E-state index in [1.54, 1.807) is 6.92 Å². The van der Waals surface area contributed by atoms with Crippen molar-refractivity contribution in [1.29, 1.82) is 0 Å². The van der Waals surface area contributed by atoms with E-state index in [4.69, 9.17) is 10.5 Å². The Morgan fingerprint density at radius 2 is 2.02 bits per heavy atom. The van der Waals surface area contributed by atoms with E-state index in [1.165, 1.54) is 42.3 Å². The largest absolute Gasteiger partial charge is 0.508 e. The first-order valence-corrected chi connectivity index (χ1v) is 14.5. The van der Waals surface area contributed by atoms with E-state index in [-0.39, 0.29) is 41.5 Å². The van der Waals surface area contributed by atoms with E-state index < -0.39 is 47.0 Å². The molecule has 1 aromatic heterocycles. The van der Waals surface area contributed by atoms with Crippen molar-refractivity contribution in [1.82, 2.24) is 20.4 Å². The van der Waals surface area contributed by atoms with E-state index in [0.717, 1.165) is 16.7 Å². The SMILES string of the molecule is COCc1c(O)ccc(CC(=O)NC2C(=O)N3C(C(=O)OC(=O)C(F)(F)F)=C(CSc4nnc(C)s4)CSC23)c1N. The number of amides is 2. The predicted molar refractivity (Wildman–Crippen MR) is 142 cm³/mol. The molecule has 0 bridgehead atoms. The minimum Gasteiger partial charge on any atom is -0.508 e. The fourth-order valence-corrected chi connectivity index (χ4v) is 7.31. The van der Waals surface area contributed by atoms with Crippen LogP contribution in [0.25, 0.3) is 0 Å². The number of β-lactam (4-membered cyclic amide) rings is 1. The fourth-order valence-electron chi connectivity index (χ4n) is 4.01. The number of ether oxygens (including phenoxy) is 2. The molecule has 4 N–H and O–H groups in total. The quantitative estimate of drug-likeness (QED) is 0.121. The van der Waals surface area contributed by atoms with Crippen LogP contribution in [0.5, 0.6) is 5.75 Å². The van der Waals surface area contributed by atoms with E-state index in [2.05, 4.69) is 20.3 Å². The molecule has 18 heteroatoms. The minimum absolute atomic E-state index is 0.00322. The molecule has 4 rings (SSSR count). The summed E-state index contributed by atoms with van der Waals surface area (Å²) in [6, 6.07) is 1.70. The highest BCUT2D eigenvalue weighted by Gasteiger charge is 2.55. The highest BCUT2D eigenvalue weighted by atomic mass is 32.2. The number of esters is 2. The van der Waals surface area contributed by atoms with Crippen molar-refractivity contribution >= 4 is 64.3 Å². The number of methoxy groups -OCH3 is 1. The van der Waals surface area contributed by atoms with Crippen LogP contribution < -0.4 is 11.1 Å². The summed E-state index contributed by atoms with van der Waals surface area (Å²) in [6.07, 6.45) is -5.68. The Morgan fingerprint density at radius 3 is 2.66 bits per heavy atom. The molecular formula is C23H22F3N5O7S3. The highest BCUT2D eigenvalue weighted by Crippen LogP contribution is 2.42. The van der Waals surface area contributed by atoms with Crippen molar-refractivity contribution in [2.75, 3.05) is 24.3 Å². The number of fused-ring (bicyclic) bond motifs is 1. The molecule has 1 saturated heterocycles. The number of carbonyl (C=O) groups excluding carboxylic acids is 4. The van der Waals surface area contributed by atoms with Crippen molar-refractivity contribution in [3.05, 3.63) is 39.5 Å². The number of aromatic nitrogens is 2. The zero-order valence-corrected chi connectivity index (χ0v) is 23.8. The number of thioether (sulfide) groups is 2. The van der Waals surface area contributed by atoms with Gasteiger partial charge in [0.2, 0.25) is 5.91 Å². The summed E-state index contributed by atoms with van der Waals surface area (Å²) >= 11 is 3.60. The van der Waals surface area contributed by atoms with Crippen LogP contribution in [0.3, 0.4) is 0 Å². The zero-order chi connectivity index (χ0) is 30.1. The second kappa shape index (κ2) is 12.3. The second-order valence-corrected chi connectivity index (χ2v) is 12.2. The third-order valence-electron chi connectivity index (χ3n) is 5.91. The summed E-state index contributed by atoms with van der Waals surface area (Å²) < 4.78 is 48.0. The average molecular weight is 634 g/mol. The molecule has 2 atom stereocenters. The summed E-state index contributed by atoms with van der Waals surface area (Å²) in [4.78, 5) is 51.0. The second-order valence-electron chi connectivity index (χ2n) is 8.70. The van der Waals surface area contributed by atoms with Crippen LogP contribution in [0.1, 0.15) is 16.1 Å². The number of nitrogens with zero attached hydrogens (tertiary/aromatic N) is 3. The number of nitrogen functional groups attached to an aromatic ring is 1. The van der Waals surface area contributed by atoms with Crippen LogP contribution in [0, 0.1) is 6.92 Å². The molecule has 2 unspecified atom stereocenters. The van der Waals surface area contributed by atoms with Gasteiger partial charge in [-0.1, -0.05) is 29.2 Å². The van der Waals surface area contributed by atoms with Crippen molar-refractivity contribution in [3.63, 3.8) is 0 Å². The predicted octanol–water partition coefficient (Wildman–Crippen LogP) is 1.90. The van der Waals surface area contributed by atoms with Gasteiger partial charge < -0.3 is 25.6 Å². The Kier molecular flexibility index (Phi) is 9.15. The van der Waals surface area contributed by atoms with Gasteiger partial charge in [0.25, 0.3) is 5.91 Å². The first kappa shape index (κ1) is 30.6. The van der Waals surface area contributed by atoms with E-state index >= 15 is 0 Å². The molecule has 2 amide bonds. The number of aromatic hydroxyl groups is 1. The Balaban J connectivity index is 1.51. The van der Waals surface area contributed by atoms with Gasteiger partial charge in [0.1, 0.15) is 27.9 Å². The number of anilines is 1. The number of hydrogen-bond acceptors (Lipinski definition) is 13.